The Labute approximate surface area is 107 Å². The summed E-state index contributed by atoms with van der Waals surface area (Å²) in [4.78, 5) is 10.8. The zero-order valence-electron chi connectivity index (χ0n) is 9.28. The van der Waals surface area contributed by atoms with Crippen LogP contribution in [0.4, 0.5) is 0 Å². The first kappa shape index (κ1) is 12.5. The zero-order chi connectivity index (χ0) is 13.0. The molecule has 0 aliphatic rings. The van der Waals surface area contributed by atoms with Crippen molar-refractivity contribution in [2.45, 2.75) is 4.90 Å². The van der Waals surface area contributed by atoms with Crippen LogP contribution in [-0.2, 0) is 11.1 Å². The molecule has 18 heavy (non-hydrogen) atoms. The quantitative estimate of drug-likeness (QED) is 0.679. The lowest BCUT2D eigenvalue weighted by molar-refractivity contribution is 0.112. The molecule has 0 spiro atoms. The van der Waals surface area contributed by atoms with Gasteiger partial charge < -0.3 is 9.29 Å². The molecule has 2 aromatic rings. The third-order valence-corrected chi connectivity index (χ3v) is 2.95. The van der Waals surface area contributed by atoms with Gasteiger partial charge in [0, 0.05) is 5.56 Å². The van der Waals surface area contributed by atoms with Gasteiger partial charge in [-0.15, -0.1) is 0 Å². The van der Waals surface area contributed by atoms with Crippen molar-refractivity contribution in [1.29, 1.82) is 0 Å². The van der Waals surface area contributed by atoms with Gasteiger partial charge in [0.2, 0.25) is 0 Å². The number of carbonyl (C=O) groups is 1. The van der Waals surface area contributed by atoms with Crippen LogP contribution in [0.5, 0.6) is 11.5 Å². The van der Waals surface area contributed by atoms with Crippen molar-refractivity contribution < 1.29 is 18.3 Å². The number of aldehydes is 1. The molecule has 0 radical (unpaired) electrons. The summed E-state index contributed by atoms with van der Waals surface area (Å²) in [6, 6.07) is 12.9. The summed E-state index contributed by atoms with van der Waals surface area (Å²) in [6.45, 7) is 0. The number of benzene rings is 2. The highest BCUT2D eigenvalue weighted by Gasteiger charge is 2.01. The molecule has 1 atom stereocenters. The molecule has 0 bridgehead atoms. The predicted molar refractivity (Wildman–Crippen MR) is 67.4 cm³/mol. The Morgan fingerprint density at radius 1 is 0.944 bits per heavy atom. The maximum Gasteiger partial charge on any atom is 0.186 e. The molecule has 0 heterocycles. The number of ether oxygens (including phenoxy) is 1. The van der Waals surface area contributed by atoms with Crippen molar-refractivity contribution in [3.8, 4) is 11.5 Å². The molecular formula is C13H10O4S. The molecule has 2 aromatic carbocycles. The van der Waals surface area contributed by atoms with Gasteiger partial charge in [-0.05, 0) is 48.5 Å². The summed E-state index contributed by atoms with van der Waals surface area (Å²) in [5, 5.41) is 0. The maximum absolute atomic E-state index is 10.8. The molecule has 92 valence electrons. The first-order valence-electron chi connectivity index (χ1n) is 5.13. The topological polar surface area (TPSA) is 63.6 Å². The molecule has 5 heteroatoms. The first-order valence-corrected chi connectivity index (χ1v) is 6.24. The van der Waals surface area contributed by atoms with E-state index in [1.165, 1.54) is 12.1 Å². The van der Waals surface area contributed by atoms with Crippen LogP contribution in [0.3, 0.4) is 0 Å². The van der Waals surface area contributed by atoms with E-state index >= 15 is 0 Å². The number of hydrogen-bond donors (Lipinski definition) is 1. The Kier molecular flexibility index (Phi) is 3.86. The van der Waals surface area contributed by atoms with Crippen LogP contribution in [0.15, 0.2) is 53.4 Å². The van der Waals surface area contributed by atoms with Crippen molar-refractivity contribution >= 4 is 17.4 Å². The normalized spacial score (nSPS) is 11.8. The van der Waals surface area contributed by atoms with Crippen molar-refractivity contribution in [2.24, 2.45) is 0 Å². The van der Waals surface area contributed by atoms with Gasteiger partial charge >= 0.3 is 0 Å². The van der Waals surface area contributed by atoms with Gasteiger partial charge in [0.05, 0.1) is 4.90 Å². The van der Waals surface area contributed by atoms with Gasteiger partial charge in [0.15, 0.2) is 11.1 Å². The largest absolute Gasteiger partial charge is 0.457 e. The lowest BCUT2D eigenvalue weighted by atomic mass is 10.2. The predicted octanol–water partition coefficient (Wildman–Crippen LogP) is 2.87. The first-order chi connectivity index (χ1) is 8.69. The van der Waals surface area contributed by atoms with Crippen molar-refractivity contribution in [1.82, 2.24) is 0 Å². The van der Waals surface area contributed by atoms with Crippen LogP contribution < -0.4 is 4.74 Å². The number of rotatable bonds is 4. The maximum atomic E-state index is 10.8. The molecule has 0 aromatic heterocycles. The van der Waals surface area contributed by atoms with Crippen molar-refractivity contribution in [2.75, 3.05) is 0 Å². The molecule has 2 rings (SSSR count). The smallest absolute Gasteiger partial charge is 0.186 e. The lowest BCUT2D eigenvalue weighted by Gasteiger charge is -2.05. The summed E-state index contributed by atoms with van der Waals surface area (Å²) in [7, 11) is 0. The van der Waals surface area contributed by atoms with E-state index in [9.17, 15) is 9.00 Å². The molecule has 0 fully saturated rings. The monoisotopic (exact) mass is 262 g/mol. The average molecular weight is 262 g/mol. The Morgan fingerprint density at radius 2 is 1.44 bits per heavy atom. The molecule has 0 saturated carbocycles. The molecule has 0 amide bonds. The van der Waals surface area contributed by atoms with Crippen LogP contribution in [0, 0.1) is 0 Å². The Balaban J connectivity index is 2.12. The molecule has 1 unspecified atom stereocenters. The van der Waals surface area contributed by atoms with E-state index in [1.54, 1.807) is 36.4 Å². The summed E-state index contributed by atoms with van der Waals surface area (Å²) in [5.41, 5.74) is 0.577. The van der Waals surface area contributed by atoms with E-state index in [1.807, 2.05) is 0 Å². The highest BCUT2D eigenvalue weighted by molar-refractivity contribution is 7.79. The molecule has 0 aliphatic carbocycles. The molecule has 4 nitrogen and oxygen atoms in total. The van der Waals surface area contributed by atoms with Crippen LogP contribution in [-0.4, -0.2) is 15.0 Å². The average Bonchev–Trinajstić information content (AvgIpc) is 2.40. The SMILES string of the molecule is O=Cc1ccc(Oc2ccc(S(=O)O)cc2)cc1. The van der Waals surface area contributed by atoms with Gasteiger partial charge in [0.25, 0.3) is 0 Å². The van der Waals surface area contributed by atoms with Gasteiger partial charge in [-0.2, -0.15) is 0 Å². The molecular weight excluding hydrogens is 252 g/mol. The van der Waals surface area contributed by atoms with E-state index in [-0.39, 0.29) is 0 Å². The van der Waals surface area contributed by atoms with Crippen molar-refractivity contribution in [3.05, 3.63) is 54.1 Å². The minimum absolute atomic E-state index is 0.318. The van der Waals surface area contributed by atoms with E-state index in [4.69, 9.17) is 9.29 Å². The van der Waals surface area contributed by atoms with Gasteiger partial charge in [-0.3, -0.25) is 4.79 Å². The Hall–Kier alpha value is -1.98. The van der Waals surface area contributed by atoms with Crippen LogP contribution >= 0.6 is 0 Å². The summed E-state index contributed by atoms with van der Waals surface area (Å²) >= 11 is -1.98. The highest BCUT2D eigenvalue weighted by Crippen LogP contribution is 2.22. The van der Waals surface area contributed by atoms with Crippen LogP contribution in [0.1, 0.15) is 10.4 Å². The summed E-state index contributed by atoms with van der Waals surface area (Å²) in [5.74, 6) is 1.15. The van der Waals surface area contributed by atoms with E-state index in [0.717, 1.165) is 6.29 Å². The lowest BCUT2D eigenvalue weighted by Crippen LogP contribution is -1.89. The standard InChI is InChI=1S/C13H10O4S/c14-9-10-1-3-11(4-2-10)17-12-5-7-13(8-6-12)18(15)16/h1-9H,(H,15,16). The minimum Gasteiger partial charge on any atom is -0.457 e. The summed E-state index contributed by atoms with van der Waals surface area (Å²) in [6.07, 6.45) is 0.759. The van der Waals surface area contributed by atoms with Crippen LogP contribution in [0.2, 0.25) is 0 Å². The third-order valence-electron chi connectivity index (χ3n) is 2.28. The zero-order valence-corrected chi connectivity index (χ0v) is 10.1. The fraction of sp³-hybridized carbons (Fsp3) is 0. The minimum atomic E-state index is -1.98. The van der Waals surface area contributed by atoms with Gasteiger partial charge in [-0.25, -0.2) is 4.21 Å². The van der Waals surface area contributed by atoms with Crippen molar-refractivity contribution in [3.63, 3.8) is 0 Å². The van der Waals surface area contributed by atoms with E-state index < -0.39 is 11.1 Å². The highest BCUT2D eigenvalue weighted by atomic mass is 32.2. The second-order valence-corrected chi connectivity index (χ2v) is 4.48. The van der Waals surface area contributed by atoms with Gasteiger partial charge in [-0.1, -0.05) is 0 Å². The second kappa shape index (κ2) is 5.57. The number of hydrogen-bond acceptors (Lipinski definition) is 3. The van der Waals surface area contributed by atoms with Gasteiger partial charge in [0.1, 0.15) is 17.8 Å². The second-order valence-electron chi connectivity index (χ2n) is 3.51. The Morgan fingerprint density at radius 3 is 1.89 bits per heavy atom. The van der Waals surface area contributed by atoms with E-state index in [0.29, 0.717) is 22.0 Å². The third kappa shape index (κ3) is 3.03. The molecule has 1 N–H and O–H groups in total. The fourth-order valence-corrected chi connectivity index (χ4v) is 1.74. The molecule has 0 aliphatic heterocycles. The fourth-order valence-electron chi connectivity index (χ4n) is 1.37. The van der Waals surface area contributed by atoms with Crippen LogP contribution in [0.25, 0.3) is 0 Å². The Bertz CT molecular complexity index is 561. The number of carbonyl (C=O) groups excluding carboxylic acids is 1. The summed E-state index contributed by atoms with van der Waals surface area (Å²) < 4.78 is 25.2. The van der Waals surface area contributed by atoms with E-state index in [2.05, 4.69) is 0 Å². The molecule has 0 saturated heterocycles.